The molecule has 0 atom stereocenters. The van der Waals surface area contributed by atoms with Crippen LogP contribution in [-0.2, 0) is 9.59 Å². The number of hydrogen-bond acceptors (Lipinski definition) is 3. The molecule has 0 unspecified atom stereocenters. The molecular formula is C10H14F3N3O2S. The zero-order valence-corrected chi connectivity index (χ0v) is 10.8. The summed E-state index contributed by atoms with van der Waals surface area (Å²) in [6.45, 7) is -0.272. The second-order valence-corrected chi connectivity index (χ2v) is 4.78. The summed E-state index contributed by atoms with van der Waals surface area (Å²) < 4.78 is 37.3. The molecule has 0 saturated carbocycles. The Labute approximate surface area is 113 Å². The Balaban J connectivity index is 2.44. The van der Waals surface area contributed by atoms with Crippen molar-refractivity contribution < 1.29 is 22.8 Å². The number of alkyl halides is 3. The zero-order valence-electron chi connectivity index (χ0n) is 10.00. The average Bonchev–Trinajstić information content (AvgIpc) is 2.34. The van der Waals surface area contributed by atoms with Gasteiger partial charge in [-0.1, -0.05) is 12.2 Å². The van der Waals surface area contributed by atoms with Crippen molar-refractivity contribution in [1.29, 1.82) is 0 Å². The van der Waals surface area contributed by atoms with Gasteiger partial charge in [-0.05, 0) is 12.8 Å². The summed E-state index contributed by atoms with van der Waals surface area (Å²) in [5.41, 5.74) is 5.15. The lowest BCUT2D eigenvalue weighted by Gasteiger charge is -2.32. The molecule has 0 aromatic rings. The molecule has 0 bridgehead atoms. The van der Waals surface area contributed by atoms with Crippen LogP contribution >= 0.6 is 12.2 Å². The molecule has 0 radical (unpaired) electrons. The Morgan fingerprint density at radius 2 is 1.84 bits per heavy atom. The van der Waals surface area contributed by atoms with Crippen LogP contribution in [0.2, 0.25) is 0 Å². The molecule has 1 saturated heterocycles. The molecule has 19 heavy (non-hydrogen) atoms. The quantitative estimate of drug-likeness (QED) is 0.563. The molecule has 0 aromatic heterocycles. The van der Waals surface area contributed by atoms with E-state index in [4.69, 9.17) is 5.73 Å². The highest BCUT2D eigenvalue weighted by Crippen LogP contribution is 2.33. The summed E-state index contributed by atoms with van der Waals surface area (Å²) >= 11 is 4.53. The number of rotatable bonds is 2. The van der Waals surface area contributed by atoms with Gasteiger partial charge < -0.3 is 16.0 Å². The van der Waals surface area contributed by atoms with Crippen LogP contribution in [0, 0.1) is 5.92 Å². The molecule has 1 aliphatic rings. The van der Waals surface area contributed by atoms with E-state index in [1.807, 2.05) is 0 Å². The predicted octanol–water partition coefficient (Wildman–Crippen LogP) is 0.190. The van der Waals surface area contributed by atoms with Gasteiger partial charge in [-0.2, -0.15) is 13.2 Å². The second-order valence-electron chi connectivity index (χ2n) is 4.26. The molecule has 0 aliphatic carbocycles. The number of likely N-dealkylation sites (tertiary alicyclic amines) is 1. The first-order chi connectivity index (χ1) is 8.71. The third kappa shape index (κ3) is 4.66. The fraction of sp³-hybridized carbons (Fsp3) is 0.700. The summed E-state index contributed by atoms with van der Waals surface area (Å²) in [7, 11) is 0. The first kappa shape index (κ1) is 15.7. The number of piperidine rings is 1. The normalized spacial score (nSPS) is 17.1. The molecule has 9 heteroatoms. The first-order valence-corrected chi connectivity index (χ1v) is 6.04. The Hall–Kier alpha value is -1.38. The molecule has 0 aromatic carbocycles. The number of nitrogens with one attached hydrogen (secondary N) is 1. The van der Waals surface area contributed by atoms with Gasteiger partial charge in [0.15, 0.2) is 0 Å². The van der Waals surface area contributed by atoms with Gasteiger partial charge in [0.1, 0.15) is 0 Å². The van der Waals surface area contributed by atoms with Crippen LogP contribution < -0.4 is 11.1 Å². The number of hydrogen-bond donors (Lipinski definition) is 2. The Morgan fingerprint density at radius 3 is 2.26 bits per heavy atom. The number of carbonyl (C=O) groups is 2. The zero-order chi connectivity index (χ0) is 14.6. The fourth-order valence-corrected chi connectivity index (χ4v) is 1.87. The van der Waals surface area contributed by atoms with Gasteiger partial charge in [-0.15, -0.1) is 0 Å². The molecule has 1 heterocycles. The van der Waals surface area contributed by atoms with Gasteiger partial charge in [0.25, 0.3) is 0 Å². The van der Waals surface area contributed by atoms with Crippen molar-refractivity contribution in [3.63, 3.8) is 0 Å². The summed E-state index contributed by atoms with van der Waals surface area (Å²) in [5, 5.41) is 2.20. The van der Waals surface area contributed by atoms with Crippen LogP contribution in [0.25, 0.3) is 0 Å². The van der Waals surface area contributed by atoms with Crippen LogP contribution in [0.15, 0.2) is 0 Å². The maximum Gasteiger partial charge on any atom is 0.391 e. The summed E-state index contributed by atoms with van der Waals surface area (Å²) in [5.74, 6) is -3.16. The number of amides is 2. The van der Waals surface area contributed by atoms with Gasteiger partial charge in [-0.25, -0.2) is 0 Å². The summed E-state index contributed by atoms with van der Waals surface area (Å²) in [6, 6.07) is 0. The average molecular weight is 297 g/mol. The van der Waals surface area contributed by atoms with E-state index >= 15 is 0 Å². The van der Waals surface area contributed by atoms with Crippen molar-refractivity contribution in [3.8, 4) is 0 Å². The summed E-state index contributed by atoms with van der Waals surface area (Å²) in [6.07, 6.45) is -4.61. The van der Waals surface area contributed by atoms with Gasteiger partial charge in [0.2, 0.25) is 0 Å². The number of thiocarbonyl (C=S) groups is 1. The van der Waals surface area contributed by atoms with E-state index in [0.29, 0.717) is 0 Å². The smallest absolute Gasteiger partial charge is 0.391 e. The first-order valence-electron chi connectivity index (χ1n) is 5.64. The van der Waals surface area contributed by atoms with E-state index in [9.17, 15) is 22.8 Å². The Morgan fingerprint density at radius 1 is 1.32 bits per heavy atom. The lowest BCUT2D eigenvalue weighted by Crippen LogP contribution is -2.49. The summed E-state index contributed by atoms with van der Waals surface area (Å²) in [4.78, 5) is 24.1. The fourth-order valence-electron chi connectivity index (χ4n) is 1.80. The lowest BCUT2D eigenvalue weighted by atomic mass is 9.96. The third-order valence-electron chi connectivity index (χ3n) is 2.86. The van der Waals surface area contributed by atoms with E-state index in [1.165, 1.54) is 0 Å². The standard InChI is InChI=1S/C10H14F3N3O2S/c11-10(12,13)6-1-3-16(4-2-6)9(18)8(17)15-5-7(14)19/h6H,1-5H2,(H2,14,19)(H,15,17). The van der Waals surface area contributed by atoms with E-state index in [1.54, 1.807) is 0 Å². The SMILES string of the molecule is NC(=S)CNC(=O)C(=O)N1CCC(C(F)(F)F)CC1. The number of carbonyl (C=O) groups excluding carboxylic acids is 2. The lowest BCUT2D eigenvalue weighted by molar-refractivity contribution is -0.186. The maximum absolute atomic E-state index is 12.4. The molecular weight excluding hydrogens is 283 g/mol. The minimum absolute atomic E-state index is 0.0249. The maximum atomic E-state index is 12.4. The molecule has 5 nitrogen and oxygen atoms in total. The van der Waals surface area contributed by atoms with Gasteiger partial charge in [0, 0.05) is 13.1 Å². The van der Waals surface area contributed by atoms with Crippen molar-refractivity contribution in [2.75, 3.05) is 19.6 Å². The van der Waals surface area contributed by atoms with Crippen molar-refractivity contribution in [1.82, 2.24) is 10.2 Å². The Kier molecular flexibility index (Phi) is 5.10. The van der Waals surface area contributed by atoms with Crippen LogP contribution in [0.5, 0.6) is 0 Å². The Bertz CT molecular complexity index is 379. The van der Waals surface area contributed by atoms with Gasteiger partial charge >= 0.3 is 18.0 Å². The van der Waals surface area contributed by atoms with Gasteiger partial charge in [-0.3, -0.25) is 9.59 Å². The van der Waals surface area contributed by atoms with E-state index in [-0.39, 0.29) is 37.5 Å². The molecule has 108 valence electrons. The minimum atomic E-state index is -4.25. The minimum Gasteiger partial charge on any atom is -0.392 e. The van der Waals surface area contributed by atoms with E-state index < -0.39 is 23.9 Å². The second kappa shape index (κ2) is 6.18. The van der Waals surface area contributed by atoms with Crippen molar-refractivity contribution in [2.24, 2.45) is 11.7 Å². The largest absolute Gasteiger partial charge is 0.392 e. The molecule has 2 amide bonds. The number of halogens is 3. The third-order valence-corrected chi connectivity index (χ3v) is 3.01. The van der Waals surface area contributed by atoms with E-state index in [2.05, 4.69) is 17.5 Å². The highest BCUT2D eigenvalue weighted by atomic mass is 32.1. The highest BCUT2D eigenvalue weighted by molar-refractivity contribution is 7.80. The van der Waals surface area contributed by atoms with Gasteiger partial charge in [0.05, 0.1) is 17.5 Å². The number of nitrogens with zero attached hydrogens (tertiary/aromatic N) is 1. The van der Waals surface area contributed by atoms with E-state index in [0.717, 1.165) is 4.90 Å². The molecule has 1 fully saturated rings. The molecule has 1 rings (SSSR count). The highest BCUT2D eigenvalue weighted by Gasteiger charge is 2.42. The predicted molar refractivity (Wildman–Crippen MR) is 65.2 cm³/mol. The monoisotopic (exact) mass is 297 g/mol. The van der Waals surface area contributed by atoms with Crippen LogP contribution in [-0.4, -0.2) is 47.5 Å². The van der Waals surface area contributed by atoms with Crippen molar-refractivity contribution in [2.45, 2.75) is 19.0 Å². The molecule has 1 aliphatic heterocycles. The number of nitrogens with two attached hydrogens (primary N) is 1. The van der Waals surface area contributed by atoms with Crippen molar-refractivity contribution >= 4 is 29.0 Å². The van der Waals surface area contributed by atoms with Crippen LogP contribution in [0.4, 0.5) is 13.2 Å². The topological polar surface area (TPSA) is 75.4 Å². The van der Waals surface area contributed by atoms with Crippen molar-refractivity contribution in [3.05, 3.63) is 0 Å². The van der Waals surface area contributed by atoms with Crippen LogP contribution in [0.3, 0.4) is 0 Å². The van der Waals surface area contributed by atoms with Crippen LogP contribution in [0.1, 0.15) is 12.8 Å². The molecule has 0 spiro atoms. The molecule has 3 N–H and O–H groups in total.